The molecule has 0 bridgehead atoms. The van der Waals surface area contributed by atoms with Gasteiger partial charge in [0.1, 0.15) is 0 Å². The number of halogens is 2. The molecule has 0 saturated heterocycles. The molecule has 2 aliphatic carbocycles. The maximum Gasteiger partial charge on any atom is -1.00 e. The zero-order chi connectivity index (χ0) is 52.2. The van der Waals surface area contributed by atoms with Gasteiger partial charge in [-0.2, -0.15) is 0 Å². The van der Waals surface area contributed by atoms with Gasteiger partial charge in [0.05, 0.1) is 0 Å². The van der Waals surface area contributed by atoms with Gasteiger partial charge in [-0.1, -0.05) is 0 Å². The predicted octanol–water partition coefficient (Wildman–Crippen LogP) is 6.74. The molecule has 10 aromatic carbocycles. The zero-order valence-electron chi connectivity index (χ0n) is 45.6. The van der Waals surface area contributed by atoms with E-state index >= 15 is 0 Å². The summed E-state index contributed by atoms with van der Waals surface area (Å²) in [7, 11) is 0. The molecule has 78 heavy (non-hydrogen) atoms. The van der Waals surface area contributed by atoms with E-state index in [1.807, 2.05) is 0 Å². The van der Waals surface area contributed by atoms with Crippen molar-refractivity contribution in [3.05, 3.63) is 288 Å². The smallest absolute Gasteiger partial charge is 1.00 e. The molecule has 10 aromatic rings. The Balaban J connectivity index is 0.000000185. The molecule has 2 N–H and O–H groups in total. The van der Waals surface area contributed by atoms with Gasteiger partial charge in [-0.25, -0.2) is 0 Å². The van der Waals surface area contributed by atoms with Crippen LogP contribution in [0.2, 0.25) is 0 Å². The summed E-state index contributed by atoms with van der Waals surface area (Å²) < 4.78 is 12.1. The zero-order valence-corrected chi connectivity index (χ0v) is 56.6. The fraction of sp³-hybridized carbons (Fsp3) is 0.143. The Bertz CT molecular complexity index is 3290. The van der Waals surface area contributed by atoms with Gasteiger partial charge >= 0.3 is 475 Å². The van der Waals surface area contributed by atoms with Crippen LogP contribution < -0.4 is 58.8 Å². The van der Waals surface area contributed by atoms with Crippen molar-refractivity contribution in [2.75, 3.05) is 6.61 Å². The molecule has 388 valence electrons. The van der Waals surface area contributed by atoms with Crippen molar-refractivity contribution in [3.8, 4) is 22.3 Å². The molecule has 0 spiro atoms. The van der Waals surface area contributed by atoms with Crippen LogP contribution >= 0.6 is 0 Å². The molecule has 2 aliphatic rings. The Morgan fingerprint density at radius 3 is 0.923 bits per heavy atom. The van der Waals surface area contributed by atoms with E-state index in [9.17, 15) is 0 Å². The summed E-state index contributed by atoms with van der Waals surface area (Å²) in [6, 6.07) is 96.0. The second kappa shape index (κ2) is 25.3. The number of fused-ring (bicyclic) bond motifs is 6. The summed E-state index contributed by atoms with van der Waals surface area (Å²) in [4.78, 5) is 0. The summed E-state index contributed by atoms with van der Waals surface area (Å²) in [5.41, 5.74) is 17.4. The van der Waals surface area contributed by atoms with E-state index in [0.29, 0.717) is 0 Å². The second-order valence-electron chi connectivity index (χ2n) is 22.5. The molecule has 0 atom stereocenters. The molecule has 0 aliphatic heterocycles. The fourth-order valence-electron chi connectivity index (χ4n) is 11.8. The molecule has 8 heteroatoms. The van der Waals surface area contributed by atoms with Gasteiger partial charge in [-0.15, -0.1) is 0 Å². The standard InChI is InChI=1S/2C13H9.2C12H11Si.2C10H14N.2ClH.2Hf/c2*1-3-7-12-10(5-1)9-11-6-2-4-8-13(11)12;2*1-3-7-11(8-4-1)13-12-9-5-2-6-10-12;2*1-10(2,3)8-6-4-5-7-9(8)11;;;;/h2*1-5,7-8H,9H2;2*1-10,13H;2*4-7,11H,1-3H3;2*1H;;/q;;;;2*-1;;;2*+2/p-2. The van der Waals surface area contributed by atoms with E-state index in [1.54, 1.807) is 38.5 Å². The van der Waals surface area contributed by atoms with Crippen LogP contribution in [0, 0.1) is 0 Å². The molecule has 0 amide bonds. The Morgan fingerprint density at radius 2 is 0.590 bits per heavy atom. The molecule has 0 unspecified atom stereocenters. The Kier molecular flexibility index (Phi) is 18.6. The summed E-state index contributed by atoms with van der Waals surface area (Å²) >= 11 is -5.64. The van der Waals surface area contributed by atoms with E-state index < -0.39 is 53.8 Å². The van der Waals surface area contributed by atoms with Gasteiger partial charge < -0.3 is 24.8 Å². The van der Waals surface area contributed by atoms with E-state index in [-0.39, 0.29) is 35.6 Å². The van der Waals surface area contributed by atoms with Crippen LogP contribution in [0.4, 0.5) is 11.4 Å². The average Bonchev–Trinajstić information content (AvgIpc) is 4.04. The number of para-hydroxylation sites is 2. The van der Waals surface area contributed by atoms with Crippen molar-refractivity contribution < 1.29 is 66.6 Å². The third-order valence-electron chi connectivity index (χ3n) is 15.4. The van der Waals surface area contributed by atoms with Crippen LogP contribution in [0.1, 0.15) is 74.9 Å². The van der Waals surface area contributed by atoms with Crippen molar-refractivity contribution in [3.63, 3.8) is 0 Å². The van der Waals surface area contributed by atoms with E-state index in [0.717, 1.165) is 12.8 Å². The average molecular weight is 1420 g/mol. The van der Waals surface area contributed by atoms with Crippen LogP contribution in [0.25, 0.3) is 22.3 Å². The molecule has 0 heterocycles. The minimum absolute atomic E-state index is 0. The van der Waals surface area contributed by atoms with Gasteiger partial charge in [0.2, 0.25) is 0 Å². The molecule has 2 nitrogen and oxygen atoms in total. The van der Waals surface area contributed by atoms with Crippen LogP contribution in [0.5, 0.6) is 0 Å². The van der Waals surface area contributed by atoms with Gasteiger partial charge in [-0.05, 0) is 0 Å². The van der Waals surface area contributed by atoms with Gasteiger partial charge in [-0.3, -0.25) is 0 Å². The van der Waals surface area contributed by atoms with Crippen LogP contribution in [0.15, 0.2) is 255 Å². The molecule has 12 rings (SSSR count). The maximum atomic E-state index is 4.40. The predicted molar refractivity (Wildman–Crippen MR) is 325 cm³/mol. The Labute approximate surface area is 494 Å². The largest absolute Gasteiger partial charge is 1.00 e. The minimum Gasteiger partial charge on any atom is -1.00 e. The van der Waals surface area contributed by atoms with E-state index in [4.69, 9.17) is 0 Å². The first-order chi connectivity index (χ1) is 37.0. The van der Waals surface area contributed by atoms with Crippen LogP contribution in [0.3, 0.4) is 0 Å². The number of nitrogens with one attached hydrogen (secondary N) is 2. The number of rotatable bonds is 12. The van der Waals surface area contributed by atoms with Crippen molar-refractivity contribution >= 4 is 50.7 Å². The van der Waals surface area contributed by atoms with Crippen molar-refractivity contribution in [1.82, 2.24) is 0 Å². The first kappa shape index (κ1) is 57.2. The Morgan fingerprint density at radius 1 is 0.308 bits per heavy atom. The van der Waals surface area contributed by atoms with Gasteiger partial charge in [0.15, 0.2) is 0 Å². The molecular formula is C70H68Cl2Hf2N2Si2. The van der Waals surface area contributed by atoms with Crippen molar-refractivity contribution in [2.24, 2.45) is 0 Å². The number of benzene rings is 10. The molecular weight excluding hydrogens is 1350 g/mol. The number of hydrogen-bond donors (Lipinski definition) is 2. The summed E-state index contributed by atoms with van der Waals surface area (Å²) in [5.74, 6) is -3.13. The molecule has 0 aromatic heterocycles. The number of hydrogen-bond acceptors (Lipinski definition) is 2. The summed E-state index contributed by atoms with van der Waals surface area (Å²) in [6.07, 6.45) is 2.09. The third-order valence-corrected chi connectivity index (χ3v) is 66.4. The van der Waals surface area contributed by atoms with Gasteiger partial charge in [0.25, 0.3) is 0 Å². The maximum absolute atomic E-state index is 4.40. The summed E-state index contributed by atoms with van der Waals surface area (Å²) in [6.45, 7) is 14.0. The topological polar surface area (TPSA) is 24.1 Å². The number of anilines is 2. The fourth-order valence-corrected chi connectivity index (χ4v) is 67.3. The minimum atomic E-state index is -2.82. The Hall–Kier alpha value is -5.45. The normalized spacial score (nSPS) is 11.9. The quantitative estimate of drug-likeness (QED) is 0.133. The van der Waals surface area contributed by atoms with Crippen LogP contribution in [-0.4, -0.2) is 12.0 Å². The van der Waals surface area contributed by atoms with E-state index in [2.05, 4.69) is 303 Å². The van der Waals surface area contributed by atoms with Crippen molar-refractivity contribution in [1.29, 1.82) is 0 Å². The molecule has 0 fully saturated rings. The van der Waals surface area contributed by atoms with E-state index in [1.165, 1.54) is 55.9 Å². The van der Waals surface area contributed by atoms with Crippen molar-refractivity contribution in [2.45, 2.75) is 65.2 Å². The SMILES string of the molecule is CC(C)(C)c1ccccc1[NH][Hf+]([c]1cccc2c1Cc1ccccc1-2)[SiH](c1ccccc1)c1ccccc1.CC(C)(C)c1ccccc1[NH][Hf+]([c]1cccc2c1Cc1ccccc1-2)[SiH](c1ccccc1)c1ccccc1.[Cl-].[Cl-]. The molecule has 0 radical (unpaired) electrons. The van der Waals surface area contributed by atoms with Gasteiger partial charge in [0, 0.05) is 0 Å². The van der Waals surface area contributed by atoms with Crippen LogP contribution in [-0.2, 0) is 65.5 Å². The second-order valence-corrected chi connectivity index (χ2v) is 60.4. The monoisotopic (exact) mass is 1420 g/mol. The third kappa shape index (κ3) is 12.3. The first-order valence-electron chi connectivity index (χ1n) is 27.1. The summed E-state index contributed by atoms with van der Waals surface area (Å²) in [5, 5.41) is 6.20. The first-order valence-corrected chi connectivity index (χ1v) is 50.2. The molecule has 0 saturated carbocycles.